The van der Waals surface area contributed by atoms with Crippen LogP contribution in [0.1, 0.15) is 46.0 Å². The minimum absolute atomic E-state index is 0.128. The van der Waals surface area contributed by atoms with E-state index in [2.05, 4.69) is 13.8 Å². The van der Waals surface area contributed by atoms with Crippen LogP contribution < -0.4 is 0 Å². The molecule has 0 aromatic carbocycles. The highest BCUT2D eigenvalue weighted by Crippen LogP contribution is 2.10. The summed E-state index contributed by atoms with van der Waals surface area (Å²) in [7, 11) is 0. The molecule has 4 atom stereocenters. The van der Waals surface area contributed by atoms with Crippen molar-refractivity contribution in [3.63, 3.8) is 0 Å². The van der Waals surface area contributed by atoms with Crippen LogP contribution >= 0.6 is 0 Å². The van der Waals surface area contributed by atoms with Gasteiger partial charge >= 0.3 is 5.97 Å². The molecule has 0 aliphatic heterocycles. The first-order valence-electron chi connectivity index (χ1n) is 7.81. The van der Waals surface area contributed by atoms with Gasteiger partial charge in [0.25, 0.3) is 0 Å². The Morgan fingerprint density at radius 1 is 0.955 bits per heavy atom. The van der Waals surface area contributed by atoms with Crippen LogP contribution in [-0.4, -0.2) is 69.1 Å². The van der Waals surface area contributed by atoms with Gasteiger partial charge in [-0.25, -0.2) is 4.79 Å². The Kier molecular flexibility index (Phi) is 11.4. The molecule has 0 aromatic heterocycles. The fourth-order valence-corrected chi connectivity index (χ4v) is 1.93. The molecule has 132 valence electrons. The number of carbonyl (C=O) groups is 1. The summed E-state index contributed by atoms with van der Waals surface area (Å²) in [5.41, 5.74) is 0. The number of ether oxygens (including phenoxy) is 1. The predicted octanol–water partition coefficient (Wildman–Crippen LogP) is -0.428. The highest BCUT2D eigenvalue weighted by Gasteiger charge is 2.35. The summed E-state index contributed by atoms with van der Waals surface area (Å²) in [5.74, 6) is -0.381. The van der Waals surface area contributed by atoms with Gasteiger partial charge in [-0.2, -0.15) is 0 Å². The summed E-state index contributed by atoms with van der Waals surface area (Å²) in [4.78, 5) is 11.5. The van der Waals surface area contributed by atoms with Crippen molar-refractivity contribution in [2.75, 3.05) is 13.2 Å². The first-order chi connectivity index (χ1) is 10.3. The van der Waals surface area contributed by atoms with Gasteiger partial charge in [0.2, 0.25) is 0 Å². The van der Waals surface area contributed by atoms with E-state index in [-0.39, 0.29) is 6.61 Å². The van der Waals surface area contributed by atoms with Gasteiger partial charge in [-0.05, 0) is 12.3 Å². The topological polar surface area (TPSA) is 127 Å². The van der Waals surface area contributed by atoms with Crippen LogP contribution in [0.4, 0.5) is 0 Å². The highest BCUT2D eigenvalue weighted by molar-refractivity contribution is 5.75. The van der Waals surface area contributed by atoms with Crippen molar-refractivity contribution in [3.05, 3.63) is 0 Å². The molecule has 0 amide bonds. The molecule has 0 rings (SSSR count). The molecule has 0 saturated heterocycles. The quantitative estimate of drug-likeness (QED) is 0.244. The third-order valence-corrected chi connectivity index (χ3v) is 3.42. The predicted molar refractivity (Wildman–Crippen MR) is 80.0 cm³/mol. The Morgan fingerprint density at radius 3 is 2.09 bits per heavy atom. The van der Waals surface area contributed by atoms with Crippen molar-refractivity contribution in [2.45, 2.75) is 70.4 Å². The van der Waals surface area contributed by atoms with E-state index in [0.29, 0.717) is 12.3 Å². The van der Waals surface area contributed by atoms with E-state index in [1.165, 1.54) is 0 Å². The molecule has 0 fully saturated rings. The molecule has 0 aromatic rings. The van der Waals surface area contributed by atoms with Crippen molar-refractivity contribution in [1.29, 1.82) is 0 Å². The molecule has 0 spiro atoms. The number of unbranched alkanes of at least 4 members (excludes halogenated alkanes) is 3. The van der Waals surface area contributed by atoms with Crippen LogP contribution in [0.2, 0.25) is 0 Å². The van der Waals surface area contributed by atoms with E-state index in [9.17, 15) is 20.1 Å². The number of hydrogen-bond donors (Lipinski definition) is 5. The SMILES string of the molecule is CC(C)CCCCCCOC(=O)[C@H](O)[C@@H](O)[C@H](O)[C@H](O)CO. The number of hydrogen-bond acceptors (Lipinski definition) is 7. The molecule has 0 heterocycles. The minimum Gasteiger partial charge on any atom is -0.464 e. The lowest BCUT2D eigenvalue weighted by atomic mass is 10.0. The third-order valence-electron chi connectivity index (χ3n) is 3.42. The van der Waals surface area contributed by atoms with Crippen molar-refractivity contribution < 1.29 is 35.1 Å². The minimum atomic E-state index is -1.96. The Hall–Kier alpha value is -0.730. The van der Waals surface area contributed by atoms with Crippen LogP contribution in [0.5, 0.6) is 0 Å². The van der Waals surface area contributed by atoms with Gasteiger partial charge in [-0.1, -0.05) is 39.5 Å². The van der Waals surface area contributed by atoms with E-state index < -0.39 is 37.0 Å². The molecule has 22 heavy (non-hydrogen) atoms. The van der Waals surface area contributed by atoms with Gasteiger partial charge in [-0.15, -0.1) is 0 Å². The summed E-state index contributed by atoms with van der Waals surface area (Å²) in [5, 5.41) is 46.2. The zero-order chi connectivity index (χ0) is 17.1. The highest BCUT2D eigenvalue weighted by atomic mass is 16.5. The molecule has 0 bridgehead atoms. The van der Waals surface area contributed by atoms with Gasteiger partial charge in [-0.3, -0.25) is 0 Å². The Labute approximate surface area is 131 Å². The van der Waals surface area contributed by atoms with Gasteiger partial charge in [0.05, 0.1) is 13.2 Å². The van der Waals surface area contributed by atoms with Gasteiger partial charge < -0.3 is 30.3 Å². The zero-order valence-electron chi connectivity index (χ0n) is 13.4. The molecule has 0 saturated carbocycles. The third kappa shape index (κ3) is 8.65. The summed E-state index contributed by atoms with van der Waals surface area (Å²) in [6.45, 7) is 3.66. The second-order valence-corrected chi connectivity index (χ2v) is 5.94. The molecule has 0 radical (unpaired) electrons. The summed E-state index contributed by atoms with van der Waals surface area (Å²) < 4.78 is 4.81. The van der Waals surface area contributed by atoms with Gasteiger partial charge in [0.15, 0.2) is 6.10 Å². The van der Waals surface area contributed by atoms with E-state index in [1.807, 2.05) is 0 Å². The Balaban J connectivity index is 3.87. The lowest BCUT2D eigenvalue weighted by Crippen LogP contribution is -2.49. The van der Waals surface area contributed by atoms with Crippen molar-refractivity contribution >= 4 is 5.97 Å². The van der Waals surface area contributed by atoms with Crippen LogP contribution in [-0.2, 0) is 9.53 Å². The smallest absolute Gasteiger partial charge is 0.337 e. The van der Waals surface area contributed by atoms with Gasteiger partial charge in [0, 0.05) is 0 Å². The first kappa shape index (κ1) is 21.3. The van der Waals surface area contributed by atoms with E-state index in [1.54, 1.807) is 0 Å². The van der Waals surface area contributed by atoms with E-state index in [0.717, 1.165) is 25.7 Å². The fourth-order valence-electron chi connectivity index (χ4n) is 1.93. The molecular formula is C15H30O7. The fraction of sp³-hybridized carbons (Fsp3) is 0.933. The average Bonchev–Trinajstić information content (AvgIpc) is 2.50. The van der Waals surface area contributed by atoms with E-state index in [4.69, 9.17) is 14.9 Å². The van der Waals surface area contributed by atoms with Crippen molar-refractivity contribution in [1.82, 2.24) is 0 Å². The first-order valence-corrected chi connectivity index (χ1v) is 7.81. The summed E-state index contributed by atoms with van der Waals surface area (Å²) in [6, 6.07) is 0. The maximum atomic E-state index is 11.5. The van der Waals surface area contributed by atoms with Crippen molar-refractivity contribution in [3.8, 4) is 0 Å². The van der Waals surface area contributed by atoms with Crippen LogP contribution in [0.25, 0.3) is 0 Å². The molecule has 0 aliphatic carbocycles. The average molecular weight is 322 g/mol. The van der Waals surface area contributed by atoms with Crippen molar-refractivity contribution in [2.24, 2.45) is 5.92 Å². The summed E-state index contributed by atoms with van der Waals surface area (Å²) in [6.07, 6.45) is -2.45. The van der Waals surface area contributed by atoms with Crippen LogP contribution in [0.3, 0.4) is 0 Å². The number of aliphatic hydroxyl groups is 5. The second-order valence-electron chi connectivity index (χ2n) is 5.94. The number of esters is 1. The molecule has 0 aliphatic rings. The molecule has 0 unspecified atom stereocenters. The molecular weight excluding hydrogens is 292 g/mol. The molecule has 7 nitrogen and oxygen atoms in total. The van der Waals surface area contributed by atoms with Gasteiger partial charge in [0.1, 0.15) is 18.3 Å². The largest absolute Gasteiger partial charge is 0.464 e. The monoisotopic (exact) mass is 322 g/mol. The number of aliphatic hydroxyl groups excluding tert-OH is 5. The van der Waals surface area contributed by atoms with E-state index >= 15 is 0 Å². The lowest BCUT2D eigenvalue weighted by Gasteiger charge is -2.24. The lowest BCUT2D eigenvalue weighted by molar-refractivity contribution is -0.170. The Bertz CT molecular complexity index is 296. The Morgan fingerprint density at radius 2 is 1.55 bits per heavy atom. The second kappa shape index (κ2) is 11.8. The molecule has 7 heteroatoms. The number of rotatable bonds is 12. The number of carbonyl (C=O) groups excluding carboxylic acids is 1. The standard InChI is InChI=1S/C15H30O7/c1-10(2)7-5-3-4-6-8-22-15(21)14(20)13(19)12(18)11(17)9-16/h10-14,16-20H,3-9H2,1-2H3/t11-,12-,13+,14-/m1/s1. The maximum absolute atomic E-state index is 11.5. The zero-order valence-corrected chi connectivity index (χ0v) is 13.4. The molecule has 5 N–H and O–H groups in total. The van der Waals surface area contributed by atoms with Crippen LogP contribution in [0.15, 0.2) is 0 Å². The normalized spacial score (nSPS) is 17.1. The van der Waals surface area contributed by atoms with Crippen LogP contribution in [0, 0.1) is 5.92 Å². The maximum Gasteiger partial charge on any atom is 0.337 e. The summed E-state index contributed by atoms with van der Waals surface area (Å²) >= 11 is 0.